The van der Waals surface area contributed by atoms with E-state index in [1.54, 1.807) is 6.92 Å². The van der Waals surface area contributed by atoms with Crippen molar-refractivity contribution in [2.45, 2.75) is 53.5 Å². The van der Waals surface area contributed by atoms with Gasteiger partial charge in [0.1, 0.15) is 6.61 Å². The Labute approximate surface area is 110 Å². The van der Waals surface area contributed by atoms with Gasteiger partial charge in [-0.3, -0.25) is 4.79 Å². The predicted octanol–water partition coefficient (Wildman–Crippen LogP) is 2.44. The van der Waals surface area contributed by atoms with Crippen molar-refractivity contribution < 1.29 is 14.3 Å². The molecule has 0 rings (SSSR count). The highest BCUT2D eigenvalue weighted by Crippen LogP contribution is 2.19. The van der Waals surface area contributed by atoms with Gasteiger partial charge in [0.05, 0.1) is 6.04 Å². The average Bonchev–Trinajstić information content (AvgIpc) is 2.33. The van der Waals surface area contributed by atoms with Crippen molar-refractivity contribution in [3.8, 4) is 0 Å². The first kappa shape index (κ1) is 16.7. The topological polar surface area (TPSA) is 55.4 Å². The molecule has 0 saturated heterocycles. The molecule has 0 aliphatic heterocycles. The molecule has 0 radical (unpaired) electrons. The molecule has 0 heterocycles. The summed E-state index contributed by atoms with van der Waals surface area (Å²) in [5, 5.41) is 2.91. The van der Waals surface area contributed by atoms with Crippen LogP contribution in [0.4, 0.5) is 0 Å². The van der Waals surface area contributed by atoms with Gasteiger partial charge in [-0.15, -0.1) is 0 Å². The van der Waals surface area contributed by atoms with E-state index in [9.17, 15) is 9.59 Å². The molecule has 104 valence electrons. The minimum absolute atomic E-state index is 0.0109. The summed E-state index contributed by atoms with van der Waals surface area (Å²) < 4.78 is 5.05. The standard InChI is InChI=1S/C14H25NO3/c1-7-11(9-18-12(16)10(3)4)15-13(17)14(5,6)8-2/h11H,3,7-9H2,1-2,4-6H3,(H,15,17). The Bertz CT molecular complexity index is 321. The predicted molar refractivity (Wildman–Crippen MR) is 72.1 cm³/mol. The van der Waals surface area contributed by atoms with Crippen molar-refractivity contribution in [3.05, 3.63) is 12.2 Å². The fraction of sp³-hybridized carbons (Fsp3) is 0.714. The largest absolute Gasteiger partial charge is 0.460 e. The zero-order chi connectivity index (χ0) is 14.3. The molecule has 0 bridgehead atoms. The van der Waals surface area contributed by atoms with E-state index in [1.165, 1.54) is 0 Å². The first-order chi connectivity index (χ1) is 8.24. The second kappa shape index (κ2) is 7.19. The van der Waals surface area contributed by atoms with Crippen molar-refractivity contribution in [2.75, 3.05) is 6.61 Å². The Hall–Kier alpha value is -1.32. The molecule has 0 aromatic rings. The lowest BCUT2D eigenvalue weighted by Gasteiger charge is -2.25. The van der Waals surface area contributed by atoms with Crippen LogP contribution < -0.4 is 5.32 Å². The van der Waals surface area contributed by atoms with E-state index in [-0.39, 0.29) is 18.6 Å². The van der Waals surface area contributed by atoms with Gasteiger partial charge in [0, 0.05) is 11.0 Å². The van der Waals surface area contributed by atoms with Gasteiger partial charge in [-0.2, -0.15) is 0 Å². The number of hydrogen-bond acceptors (Lipinski definition) is 3. The number of hydrogen-bond donors (Lipinski definition) is 1. The van der Waals surface area contributed by atoms with Crippen molar-refractivity contribution in [1.82, 2.24) is 5.32 Å². The van der Waals surface area contributed by atoms with Crippen molar-refractivity contribution in [1.29, 1.82) is 0 Å². The molecule has 18 heavy (non-hydrogen) atoms. The van der Waals surface area contributed by atoms with E-state index >= 15 is 0 Å². The Balaban J connectivity index is 4.32. The first-order valence-electron chi connectivity index (χ1n) is 6.38. The Morgan fingerprint density at radius 2 is 1.89 bits per heavy atom. The fourth-order valence-corrected chi connectivity index (χ4v) is 1.10. The average molecular weight is 255 g/mol. The van der Waals surface area contributed by atoms with E-state index in [0.29, 0.717) is 5.57 Å². The number of nitrogens with one attached hydrogen (secondary N) is 1. The molecule has 0 fully saturated rings. The molecule has 0 saturated carbocycles. The minimum atomic E-state index is -0.419. The molecule has 4 heteroatoms. The molecule has 0 aliphatic rings. The van der Waals surface area contributed by atoms with Crippen LogP contribution in [0.1, 0.15) is 47.5 Å². The lowest BCUT2D eigenvalue weighted by molar-refractivity contribution is -0.141. The van der Waals surface area contributed by atoms with Crippen LogP contribution in [0.25, 0.3) is 0 Å². The molecule has 0 spiro atoms. The highest BCUT2D eigenvalue weighted by Gasteiger charge is 2.27. The molecule has 1 N–H and O–H groups in total. The quantitative estimate of drug-likeness (QED) is 0.561. The molecule has 1 amide bonds. The van der Waals surface area contributed by atoms with E-state index in [0.717, 1.165) is 12.8 Å². The Morgan fingerprint density at radius 3 is 2.28 bits per heavy atom. The van der Waals surface area contributed by atoms with Gasteiger partial charge in [0.25, 0.3) is 0 Å². The summed E-state index contributed by atoms with van der Waals surface area (Å²) in [4.78, 5) is 23.2. The van der Waals surface area contributed by atoms with Gasteiger partial charge in [0.2, 0.25) is 5.91 Å². The van der Waals surface area contributed by atoms with Gasteiger partial charge in [0.15, 0.2) is 0 Å². The normalized spacial score (nSPS) is 12.7. The molecular formula is C14H25NO3. The maximum absolute atomic E-state index is 12.0. The van der Waals surface area contributed by atoms with Crippen LogP contribution >= 0.6 is 0 Å². The van der Waals surface area contributed by atoms with Crippen LogP contribution in [0.15, 0.2) is 12.2 Å². The van der Waals surface area contributed by atoms with E-state index in [4.69, 9.17) is 4.74 Å². The van der Waals surface area contributed by atoms with E-state index in [1.807, 2.05) is 27.7 Å². The summed E-state index contributed by atoms with van der Waals surface area (Å²) in [6.45, 7) is 13.0. The lowest BCUT2D eigenvalue weighted by Crippen LogP contribution is -2.44. The Kier molecular flexibility index (Phi) is 6.66. The van der Waals surface area contributed by atoms with Crippen LogP contribution in [0, 0.1) is 5.41 Å². The number of carbonyl (C=O) groups excluding carboxylic acids is 2. The van der Waals surface area contributed by atoms with Crippen LogP contribution in [-0.2, 0) is 14.3 Å². The Morgan fingerprint density at radius 1 is 1.33 bits per heavy atom. The third kappa shape index (κ3) is 5.34. The number of amides is 1. The second-order valence-electron chi connectivity index (χ2n) is 5.19. The molecule has 0 aromatic carbocycles. The van der Waals surface area contributed by atoms with Gasteiger partial charge in [-0.1, -0.05) is 34.3 Å². The fourth-order valence-electron chi connectivity index (χ4n) is 1.10. The molecular weight excluding hydrogens is 230 g/mol. The summed E-state index contributed by atoms with van der Waals surface area (Å²) in [5.74, 6) is -0.430. The van der Waals surface area contributed by atoms with Crippen molar-refractivity contribution in [2.24, 2.45) is 5.41 Å². The zero-order valence-electron chi connectivity index (χ0n) is 12.1. The highest BCUT2D eigenvalue weighted by molar-refractivity contribution is 5.87. The second-order valence-corrected chi connectivity index (χ2v) is 5.19. The SMILES string of the molecule is C=C(C)C(=O)OCC(CC)NC(=O)C(C)(C)CC. The smallest absolute Gasteiger partial charge is 0.333 e. The molecule has 0 aromatic heterocycles. The third-order valence-corrected chi connectivity index (χ3v) is 3.09. The van der Waals surface area contributed by atoms with Crippen LogP contribution in [0.2, 0.25) is 0 Å². The van der Waals surface area contributed by atoms with Gasteiger partial charge in [-0.05, 0) is 19.8 Å². The summed E-state index contributed by atoms with van der Waals surface area (Å²) >= 11 is 0. The maximum atomic E-state index is 12.0. The van der Waals surface area contributed by atoms with Gasteiger partial charge < -0.3 is 10.1 Å². The van der Waals surface area contributed by atoms with E-state index < -0.39 is 11.4 Å². The van der Waals surface area contributed by atoms with Gasteiger partial charge in [-0.25, -0.2) is 4.79 Å². The lowest BCUT2D eigenvalue weighted by atomic mass is 9.89. The van der Waals surface area contributed by atoms with Crippen molar-refractivity contribution >= 4 is 11.9 Å². The minimum Gasteiger partial charge on any atom is -0.460 e. The first-order valence-corrected chi connectivity index (χ1v) is 6.38. The van der Waals surface area contributed by atoms with E-state index in [2.05, 4.69) is 11.9 Å². The third-order valence-electron chi connectivity index (χ3n) is 3.09. The maximum Gasteiger partial charge on any atom is 0.333 e. The number of ether oxygens (including phenoxy) is 1. The van der Waals surface area contributed by atoms with Crippen LogP contribution in [-0.4, -0.2) is 24.5 Å². The molecule has 0 aliphatic carbocycles. The summed E-state index contributed by atoms with van der Waals surface area (Å²) in [6.07, 6.45) is 1.48. The van der Waals surface area contributed by atoms with Gasteiger partial charge >= 0.3 is 5.97 Å². The highest BCUT2D eigenvalue weighted by atomic mass is 16.5. The summed E-state index contributed by atoms with van der Waals surface area (Å²) in [5.41, 5.74) is -0.0312. The summed E-state index contributed by atoms with van der Waals surface area (Å²) in [7, 11) is 0. The number of rotatable bonds is 7. The number of carbonyl (C=O) groups is 2. The zero-order valence-corrected chi connectivity index (χ0v) is 12.1. The van der Waals surface area contributed by atoms with Crippen molar-refractivity contribution in [3.63, 3.8) is 0 Å². The number of esters is 1. The molecule has 1 atom stereocenters. The molecule has 1 unspecified atom stereocenters. The summed E-state index contributed by atoms with van der Waals surface area (Å²) in [6, 6.07) is -0.147. The molecule has 4 nitrogen and oxygen atoms in total. The van der Waals surface area contributed by atoms with Crippen LogP contribution in [0.3, 0.4) is 0 Å². The van der Waals surface area contributed by atoms with Crippen LogP contribution in [0.5, 0.6) is 0 Å². The monoisotopic (exact) mass is 255 g/mol.